The Morgan fingerprint density at radius 2 is 1.95 bits per heavy atom. The van der Waals surface area contributed by atoms with E-state index in [4.69, 9.17) is 5.73 Å². The second-order valence-corrected chi connectivity index (χ2v) is 5.86. The summed E-state index contributed by atoms with van der Waals surface area (Å²) in [6.07, 6.45) is 1.03. The number of nitrogens with zero attached hydrogens (tertiary/aromatic N) is 3. The van der Waals surface area contributed by atoms with Crippen LogP contribution in [-0.4, -0.2) is 28.4 Å². The van der Waals surface area contributed by atoms with Crippen LogP contribution in [0.15, 0.2) is 30.3 Å². The van der Waals surface area contributed by atoms with Gasteiger partial charge in [0, 0.05) is 18.7 Å². The van der Waals surface area contributed by atoms with Crippen LogP contribution in [0.5, 0.6) is 5.75 Å². The average Bonchev–Trinajstić information content (AvgIpc) is 2.48. The predicted molar refractivity (Wildman–Crippen MR) is 90.9 cm³/mol. The molecule has 0 atom stereocenters. The van der Waals surface area contributed by atoms with Crippen LogP contribution < -0.4 is 10.6 Å². The standard InChI is InChI=1S/C17H24N4O/c1-4-9-21(11-12(2)3)15-10-14(19-20-17(15)18)13-7-5-6-8-16(13)22/h5-8,10,12,22H,4,9,11H2,1-3H3,(H2,18,20). The molecule has 5 heteroatoms. The van der Waals surface area contributed by atoms with Crippen molar-refractivity contribution in [1.29, 1.82) is 0 Å². The van der Waals surface area contributed by atoms with E-state index in [0.29, 0.717) is 23.0 Å². The van der Waals surface area contributed by atoms with Gasteiger partial charge in [0.25, 0.3) is 0 Å². The van der Waals surface area contributed by atoms with Crippen LogP contribution in [0.2, 0.25) is 0 Å². The fourth-order valence-electron chi connectivity index (χ4n) is 2.49. The lowest BCUT2D eigenvalue weighted by Crippen LogP contribution is -2.29. The number of benzene rings is 1. The number of para-hydroxylation sites is 1. The molecule has 1 heterocycles. The Balaban J connectivity index is 2.43. The third-order valence-electron chi connectivity index (χ3n) is 3.40. The minimum absolute atomic E-state index is 0.193. The van der Waals surface area contributed by atoms with Crippen LogP contribution in [-0.2, 0) is 0 Å². The summed E-state index contributed by atoms with van der Waals surface area (Å²) in [5.74, 6) is 1.14. The lowest BCUT2D eigenvalue weighted by Gasteiger charge is -2.27. The van der Waals surface area contributed by atoms with E-state index in [0.717, 1.165) is 25.2 Å². The fraction of sp³-hybridized carbons (Fsp3) is 0.412. The van der Waals surface area contributed by atoms with E-state index in [1.165, 1.54) is 0 Å². The minimum Gasteiger partial charge on any atom is -0.507 e. The third kappa shape index (κ3) is 3.67. The molecule has 5 nitrogen and oxygen atoms in total. The van der Waals surface area contributed by atoms with Gasteiger partial charge in [0.15, 0.2) is 5.82 Å². The highest BCUT2D eigenvalue weighted by Gasteiger charge is 2.15. The van der Waals surface area contributed by atoms with Gasteiger partial charge in [0.1, 0.15) is 5.75 Å². The van der Waals surface area contributed by atoms with Gasteiger partial charge in [-0.05, 0) is 30.5 Å². The SMILES string of the molecule is CCCN(CC(C)C)c1cc(-c2ccccc2O)nnc1N. The number of anilines is 2. The van der Waals surface area contributed by atoms with Crippen molar-refractivity contribution in [2.75, 3.05) is 23.7 Å². The van der Waals surface area contributed by atoms with Crippen LogP contribution in [0.3, 0.4) is 0 Å². The number of aromatic hydroxyl groups is 1. The Bertz CT molecular complexity index is 628. The average molecular weight is 300 g/mol. The Labute approximate surface area is 131 Å². The molecule has 0 saturated heterocycles. The molecule has 1 aromatic carbocycles. The van der Waals surface area contributed by atoms with Crippen LogP contribution in [0.1, 0.15) is 27.2 Å². The first kappa shape index (κ1) is 16.1. The number of phenolic OH excluding ortho intramolecular Hbond substituents is 1. The Hall–Kier alpha value is -2.30. The van der Waals surface area contributed by atoms with Crippen molar-refractivity contribution in [3.63, 3.8) is 0 Å². The zero-order valence-electron chi connectivity index (χ0n) is 13.5. The van der Waals surface area contributed by atoms with E-state index in [9.17, 15) is 5.11 Å². The monoisotopic (exact) mass is 300 g/mol. The molecule has 0 radical (unpaired) electrons. The van der Waals surface area contributed by atoms with Crippen molar-refractivity contribution in [2.24, 2.45) is 5.92 Å². The number of phenols is 1. The van der Waals surface area contributed by atoms with Crippen molar-refractivity contribution >= 4 is 11.5 Å². The minimum atomic E-state index is 0.193. The molecule has 0 spiro atoms. The number of nitrogens with two attached hydrogens (primary N) is 1. The highest BCUT2D eigenvalue weighted by molar-refractivity contribution is 5.73. The number of hydrogen-bond donors (Lipinski definition) is 2. The first-order valence-corrected chi connectivity index (χ1v) is 7.69. The molecular formula is C17H24N4O. The molecule has 0 aliphatic carbocycles. The molecule has 0 aliphatic rings. The van der Waals surface area contributed by atoms with Crippen molar-refractivity contribution < 1.29 is 5.11 Å². The summed E-state index contributed by atoms with van der Waals surface area (Å²) in [4.78, 5) is 2.23. The molecule has 118 valence electrons. The zero-order chi connectivity index (χ0) is 16.1. The van der Waals surface area contributed by atoms with Crippen LogP contribution in [0.4, 0.5) is 11.5 Å². The van der Waals surface area contributed by atoms with E-state index < -0.39 is 0 Å². The molecule has 0 saturated carbocycles. The second kappa shape index (κ2) is 7.11. The zero-order valence-corrected chi connectivity index (χ0v) is 13.5. The van der Waals surface area contributed by atoms with Gasteiger partial charge in [-0.25, -0.2) is 0 Å². The maximum absolute atomic E-state index is 10.00. The van der Waals surface area contributed by atoms with Crippen LogP contribution >= 0.6 is 0 Å². The van der Waals surface area contributed by atoms with Crippen LogP contribution in [0, 0.1) is 5.92 Å². The van der Waals surface area contributed by atoms with Gasteiger partial charge in [-0.1, -0.05) is 32.9 Å². The van der Waals surface area contributed by atoms with Crippen molar-refractivity contribution in [1.82, 2.24) is 10.2 Å². The molecule has 2 rings (SSSR count). The van der Waals surface area contributed by atoms with E-state index in [1.54, 1.807) is 12.1 Å². The maximum atomic E-state index is 10.00. The number of rotatable bonds is 6. The number of hydrogen-bond acceptors (Lipinski definition) is 5. The van der Waals surface area contributed by atoms with Gasteiger partial charge in [-0.2, -0.15) is 0 Å². The topological polar surface area (TPSA) is 75.3 Å². The summed E-state index contributed by atoms with van der Waals surface area (Å²) >= 11 is 0. The largest absolute Gasteiger partial charge is 0.507 e. The Morgan fingerprint density at radius 1 is 1.23 bits per heavy atom. The van der Waals surface area contributed by atoms with E-state index in [-0.39, 0.29) is 5.75 Å². The predicted octanol–water partition coefficient (Wildman–Crippen LogP) is 3.30. The lowest BCUT2D eigenvalue weighted by molar-refractivity contribution is 0.477. The number of aromatic nitrogens is 2. The highest BCUT2D eigenvalue weighted by atomic mass is 16.3. The van der Waals surface area contributed by atoms with Crippen molar-refractivity contribution in [3.05, 3.63) is 30.3 Å². The van der Waals surface area contributed by atoms with Gasteiger partial charge in [0.05, 0.1) is 11.4 Å². The molecule has 1 aromatic heterocycles. The highest BCUT2D eigenvalue weighted by Crippen LogP contribution is 2.31. The summed E-state index contributed by atoms with van der Waals surface area (Å²) in [5, 5.41) is 18.2. The van der Waals surface area contributed by atoms with E-state index in [2.05, 4.69) is 35.9 Å². The molecule has 0 bridgehead atoms. The van der Waals surface area contributed by atoms with E-state index >= 15 is 0 Å². The molecule has 0 amide bonds. The first-order valence-electron chi connectivity index (χ1n) is 7.69. The molecule has 0 unspecified atom stereocenters. The second-order valence-electron chi connectivity index (χ2n) is 5.86. The number of nitrogen functional groups attached to an aromatic ring is 1. The summed E-state index contributed by atoms with van der Waals surface area (Å²) in [5.41, 5.74) is 8.21. The molecule has 2 aromatic rings. The van der Waals surface area contributed by atoms with Gasteiger partial charge in [-0.3, -0.25) is 0 Å². The van der Waals surface area contributed by atoms with E-state index in [1.807, 2.05) is 18.2 Å². The third-order valence-corrected chi connectivity index (χ3v) is 3.40. The van der Waals surface area contributed by atoms with Crippen LogP contribution in [0.25, 0.3) is 11.3 Å². The Morgan fingerprint density at radius 3 is 2.59 bits per heavy atom. The molecule has 3 N–H and O–H groups in total. The van der Waals surface area contributed by atoms with Gasteiger partial charge in [-0.15, -0.1) is 10.2 Å². The summed E-state index contributed by atoms with van der Waals surface area (Å²) in [6, 6.07) is 9.03. The summed E-state index contributed by atoms with van der Waals surface area (Å²) in [6.45, 7) is 8.31. The lowest BCUT2D eigenvalue weighted by atomic mass is 10.1. The normalized spacial score (nSPS) is 10.9. The molecule has 0 aliphatic heterocycles. The molecule has 22 heavy (non-hydrogen) atoms. The van der Waals surface area contributed by atoms with Crippen molar-refractivity contribution in [3.8, 4) is 17.0 Å². The smallest absolute Gasteiger partial charge is 0.169 e. The van der Waals surface area contributed by atoms with Gasteiger partial charge >= 0.3 is 0 Å². The van der Waals surface area contributed by atoms with Gasteiger partial charge in [0.2, 0.25) is 0 Å². The fourth-order valence-corrected chi connectivity index (χ4v) is 2.49. The first-order chi connectivity index (χ1) is 10.5. The summed E-state index contributed by atoms with van der Waals surface area (Å²) in [7, 11) is 0. The summed E-state index contributed by atoms with van der Waals surface area (Å²) < 4.78 is 0. The quantitative estimate of drug-likeness (QED) is 0.856. The maximum Gasteiger partial charge on any atom is 0.169 e. The molecule has 0 fully saturated rings. The van der Waals surface area contributed by atoms with Crippen molar-refractivity contribution in [2.45, 2.75) is 27.2 Å². The van der Waals surface area contributed by atoms with Gasteiger partial charge < -0.3 is 15.7 Å². The molecular weight excluding hydrogens is 276 g/mol. The Kier molecular flexibility index (Phi) is 5.20.